The number of nitrogens with zero attached hydrogens (tertiary/aromatic N) is 1. The van der Waals surface area contributed by atoms with E-state index in [-0.39, 0.29) is 5.82 Å². The molecule has 1 heterocycles. The number of rotatable bonds is 3. The van der Waals surface area contributed by atoms with Crippen molar-refractivity contribution in [3.8, 4) is 10.6 Å². The second-order valence-corrected chi connectivity index (χ2v) is 4.26. The molecule has 2 rings (SSSR count). The second-order valence-electron chi connectivity index (χ2n) is 3.40. The van der Waals surface area contributed by atoms with Gasteiger partial charge in [0.2, 0.25) is 0 Å². The van der Waals surface area contributed by atoms with E-state index in [0.29, 0.717) is 10.7 Å². The van der Waals surface area contributed by atoms with Gasteiger partial charge in [-0.05, 0) is 24.3 Å². The predicted molar refractivity (Wildman–Crippen MR) is 62.1 cm³/mol. The zero-order chi connectivity index (χ0) is 12.4. The summed E-state index contributed by atoms with van der Waals surface area (Å²) in [6.45, 7) is 0. The molecule has 1 aromatic carbocycles. The van der Waals surface area contributed by atoms with Gasteiger partial charge in [-0.2, -0.15) is 0 Å². The third-order valence-corrected chi connectivity index (χ3v) is 3.11. The minimum Gasteiger partial charge on any atom is -0.480 e. The zero-order valence-electron chi connectivity index (χ0n) is 8.63. The van der Waals surface area contributed by atoms with Gasteiger partial charge in [-0.15, -0.1) is 11.3 Å². The summed E-state index contributed by atoms with van der Waals surface area (Å²) in [5.41, 5.74) is 6.48. The van der Waals surface area contributed by atoms with E-state index in [2.05, 4.69) is 4.98 Å². The summed E-state index contributed by atoms with van der Waals surface area (Å²) in [5.74, 6) is -1.45. The van der Waals surface area contributed by atoms with Crippen LogP contribution in [0.4, 0.5) is 4.39 Å². The van der Waals surface area contributed by atoms with Gasteiger partial charge in [0.05, 0.1) is 5.69 Å². The highest BCUT2D eigenvalue weighted by Crippen LogP contribution is 2.25. The number of hydrogen-bond donors (Lipinski definition) is 2. The lowest BCUT2D eigenvalue weighted by Gasteiger charge is -2.00. The molecule has 3 N–H and O–H groups in total. The first-order valence-electron chi connectivity index (χ1n) is 4.77. The second kappa shape index (κ2) is 4.60. The topological polar surface area (TPSA) is 76.2 Å². The van der Waals surface area contributed by atoms with Crippen molar-refractivity contribution in [1.29, 1.82) is 0 Å². The summed E-state index contributed by atoms with van der Waals surface area (Å²) in [4.78, 5) is 14.8. The fourth-order valence-corrected chi connectivity index (χ4v) is 2.14. The highest BCUT2D eigenvalue weighted by molar-refractivity contribution is 7.13. The third-order valence-electron chi connectivity index (χ3n) is 2.20. The van der Waals surface area contributed by atoms with E-state index < -0.39 is 12.0 Å². The van der Waals surface area contributed by atoms with Gasteiger partial charge < -0.3 is 10.8 Å². The third kappa shape index (κ3) is 2.48. The molecule has 0 fully saturated rings. The number of halogens is 1. The normalized spacial score (nSPS) is 12.4. The zero-order valence-corrected chi connectivity index (χ0v) is 9.45. The average molecular weight is 252 g/mol. The SMILES string of the molecule is NC(C(=O)O)c1csc(-c2ccc(F)cc2)n1. The molecule has 0 aliphatic carbocycles. The summed E-state index contributed by atoms with van der Waals surface area (Å²) < 4.78 is 12.7. The fourth-order valence-electron chi connectivity index (χ4n) is 1.28. The summed E-state index contributed by atoms with van der Waals surface area (Å²) in [5, 5.41) is 11.0. The van der Waals surface area contributed by atoms with Gasteiger partial charge in [0.15, 0.2) is 0 Å². The monoisotopic (exact) mass is 252 g/mol. The van der Waals surface area contributed by atoms with Gasteiger partial charge in [0, 0.05) is 10.9 Å². The molecule has 0 radical (unpaired) electrons. The van der Waals surface area contributed by atoms with Crippen LogP contribution in [0.25, 0.3) is 10.6 Å². The molecule has 0 saturated carbocycles. The Morgan fingerprint density at radius 3 is 2.65 bits per heavy atom. The van der Waals surface area contributed by atoms with Crippen molar-refractivity contribution < 1.29 is 14.3 Å². The van der Waals surface area contributed by atoms with Crippen molar-refractivity contribution in [2.24, 2.45) is 5.73 Å². The van der Waals surface area contributed by atoms with Crippen LogP contribution in [0.5, 0.6) is 0 Å². The molecule has 1 aromatic heterocycles. The molecule has 0 amide bonds. The molecule has 4 nitrogen and oxygen atoms in total. The van der Waals surface area contributed by atoms with Gasteiger partial charge in [0.25, 0.3) is 0 Å². The number of carboxylic acids is 1. The Hall–Kier alpha value is -1.79. The van der Waals surface area contributed by atoms with Crippen molar-refractivity contribution in [2.45, 2.75) is 6.04 Å². The summed E-state index contributed by atoms with van der Waals surface area (Å²) in [6.07, 6.45) is 0. The molecule has 0 aliphatic heterocycles. The first-order chi connectivity index (χ1) is 8.08. The Morgan fingerprint density at radius 1 is 1.41 bits per heavy atom. The van der Waals surface area contributed by atoms with Crippen LogP contribution < -0.4 is 5.73 Å². The van der Waals surface area contributed by atoms with Gasteiger partial charge >= 0.3 is 5.97 Å². The van der Waals surface area contributed by atoms with Crippen LogP contribution in [0.1, 0.15) is 11.7 Å². The largest absolute Gasteiger partial charge is 0.480 e. The number of aromatic nitrogens is 1. The van der Waals surface area contributed by atoms with E-state index in [1.165, 1.54) is 23.5 Å². The van der Waals surface area contributed by atoms with Crippen molar-refractivity contribution >= 4 is 17.3 Å². The van der Waals surface area contributed by atoms with Crippen LogP contribution in [-0.2, 0) is 4.79 Å². The lowest BCUT2D eigenvalue weighted by atomic mass is 10.2. The fraction of sp³-hybridized carbons (Fsp3) is 0.0909. The van der Waals surface area contributed by atoms with Crippen LogP contribution in [-0.4, -0.2) is 16.1 Å². The van der Waals surface area contributed by atoms with Crippen LogP contribution in [0.2, 0.25) is 0 Å². The van der Waals surface area contributed by atoms with Crippen molar-refractivity contribution in [1.82, 2.24) is 4.98 Å². The van der Waals surface area contributed by atoms with Gasteiger partial charge in [0.1, 0.15) is 16.9 Å². The quantitative estimate of drug-likeness (QED) is 0.876. The van der Waals surface area contributed by atoms with Crippen molar-refractivity contribution in [3.05, 3.63) is 41.2 Å². The molecular formula is C11H9FN2O2S. The Morgan fingerprint density at radius 2 is 2.06 bits per heavy atom. The summed E-state index contributed by atoms with van der Waals surface area (Å²) in [7, 11) is 0. The van der Waals surface area contributed by atoms with E-state index >= 15 is 0 Å². The van der Waals surface area contributed by atoms with E-state index in [1.54, 1.807) is 17.5 Å². The smallest absolute Gasteiger partial charge is 0.326 e. The van der Waals surface area contributed by atoms with E-state index in [9.17, 15) is 9.18 Å². The van der Waals surface area contributed by atoms with Crippen LogP contribution >= 0.6 is 11.3 Å². The Bertz CT molecular complexity index is 539. The molecule has 2 aromatic rings. The lowest BCUT2D eigenvalue weighted by Crippen LogP contribution is -2.20. The molecule has 88 valence electrons. The average Bonchev–Trinajstić information content (AvgIpc) is 2.78. The molecule has 1 unspecified atom stereocenters. The number of nitrogens with two attached hydrogens (primary N) is 1. The summed E-state index contributed by atoms with van der Waals surface area (Å²) >= 11 is 1.28. The van der Waals surface area contributed by atoms with Crippen LogP contribution in [0, 0.1) is 5.82 Å². The number of hydrogen-bond acceptors (Lipinski definition) is 4. The van der Waals surface area contributed by atoms with Crippen LogP contribution in [0.3, 0.4) is 0 Å². The van der Waals surface area contributed by atoms with Crippen molar-refractivity contribution in [3.63, 3.8) is 0 Å². The number of aliphatic carboxylic acids is 1. The first kappa shape index (κ1) is 11.7. The highest BCUT2D eigenvalue weighted by atomic mass is 32.1. The predicted octanol–water partition coefficient (Wildman–Crippen LogP) is 2.03. The maximum Gasteiger partial charge on any atom is 0.326 e. The number of carboxylic acid groups (broad SMARTS) is 1. The Kier molecular flexibility index (Phi) is 3.16. The number of thiazole rings is 1. The number of benzene rings is 1. The lowest BCUT2D eigenvalue weighted by molar-refractivity contribution is -0.138. The highest BCUT2D eigenvalue weighted by Gasteiger charge is 2.17. The van der Waals surface area contributed by atoms with E-state index in [0.717, 1.165) is 5.56 Å². The number of carbonyl (C=O) groups is 1. The molecular weight excluding hydrogens is 243 g/mol. The molecule has 1 atom stereocenters. The van der Waals surface area contributed by atoms with E-state index in [4.69, 9.17) is 10.8 Å². The Labute approximate surface area is 101 Å². The maximum absolute atomic E-state index is 12.7. The Balaban J connectivity index is 2.29. The molecule has 6 heteroatoms. The van der Waals surface area contributed by atoms with Crippen molar-refractivity contribution in [2.75, 3.05) is 0 Å². The van der Waals surface area contributed by atoms with Gasteiger partial charge in [-0.1, -0.05) is 0 Å². The standard InChI is InChI=1S/C11H9FN2O2S/c12-7-3-1-6(2-4-7)10-14-8(5-17-10)9(13)11(15)16/h1-5,9H,13H2,(H,15,16). The minimum absolute atomic E-state index is 0.307. The molecule has 17 heavy (non-hydrogen) atoms. The first-order valence-corrected chi connectivity index (χ1v) is 5.65. The summed E-state index contributed by atoms with van der Waals surface area (Å²) in [6, 6.07) is 4.70. The molecule has 0 saturated heterocycles. The minimum atomic E-state index is -1.12. The molecule has 0 bridgehead atoms. The molecule has 0 spiro atoms. The van der Waals surface area contributed by atoms with Gasteiger partial charge in [-0.3, -0.25) is 4.79 Å². The maximum atomic E-state index is 12.7. The molecule has 0 aliphatic rings. The van der Waals surface area contributed by atoms with Crippen LogP contribution in [0.15, 0.2) is 29.6 Å². The van der Waals surface area contributed by atoms with Gasteiger partial charge in [-0.25, -0.2) is 9.37 Å². The van der Waals surface area contributed by atoms with E-state index in [1.807, 2.05) is 0 Å².